The topological polar surface area (TPSA) is 17.8 Å². The van der Waals surface area contributed by atoms with Crippen LogP contribution in [-0.4, -0.2) is 9.55 Å². The van der Waals surface area contributed by atoms with Crippen molar-refractivity contribution in [1.82, 2.24) is 9.55 Å². The monoisotopic (exact) mass is 378 g/mol. The molecule has 3 unspecified atom stereocenters. The van der Waals surface area contributed by atoms with Gasteiger partial charge in [0.1, 0.15) is 11.6 Å². The molecular weight excluding hydrogens is 366 g/mol. The molecule has 0 N–H and O–H groups in total. The summed E-state index contributed by atoms with van der Waals surface area (Å²) in [7, 11) is 0. The number of hydrogen-bond donors (Lipinski definition) is 0. The normalized spacial score (nSPS) is 24.5. The molecule has 0 aliphatic heterocycles. The molecule has 2 nitrogen and oxygen atoms in total. The van der Waals surface area contributed by atoms with E-state index in [9.17, 15) is 4.39 Å². The Bertz CT molecular complexity index is 623. The van der Waals surface area contributed by atoms with Crippen LogP contribution in [0.5, 0.6) is 0 Å². The second kappa shape index (κ2) is 4.34. The standard InChI is InChI=1S/C13H13ClFIN2/c1-6-3-11(6)18-12-4-8(15)9(16)5-10(12)17-13(18)7(2)14/h4-7,11H,3H2,1-2H3. The van der Waals surface area contributed by atoms with Crippen LogP contribution in [0.1, 0.15) is 37.5 Å². The number of aromatic nitrogens is 2. The van der Waals surface area contributed by atoms with E-state index in [1.807, 2.05) is 29.5 Å². The van der Waals surface area contributed by atoms with Crippen molar-refractivity contribution >= 4 is 45.2 Å². The number of rotatable bonds is 2. The molecule has 0 saturated heterocycles. The van der Waals surface area contributed by atoms with Gasteiger partial charge in [-0.3, -0.25) is 0 Å². The first-order chi connectivity index (χ1) is 8.49. The number of imidazole rings is 1. The molecule has 3 atom stereocenters. The summed E-state index contributed by atoms with van der Waals surface area (Å²) in [5.41, 5.74) is 1.70. The number of alkyl halides is 1. The van der Waals surface area contributed by atoms with E-state index in [1.165, 1.54) is 0 Å². The van der Waals surface area contributed by atoms with E-state index in [4.69, 9.17) is 11.6 Å². The van der Waals surface area contributed by atoms with E-state index < -0.39 is 0 Å². The zero-order chi connectivity index (χ0) is 13.0. The van der Waals surface area contributed by atoms with E-state index in [-0.39, 0.29) is 11.2 Å². The Balaban J connectivity index is 2.27. The van der Waals surface area contributed by atoms with E-state index in [0.29, 0.717) is 15.5 Å². The zero-order valence-corrected chi connectivity index (χ0v) is 13.0. The van der Waals surface area contributed by atoms with Gasteiger partial charge in [0.25, 0.3) is 0 Å². The molecule has 2 aromatic rings. The molecule has 0 bridgehead atoms. The third kappa shape index (κ3) is 1.93. The van der Waals surface area contributed by atoms with Crippen molar-refractivity contribution in [3.63, 3.8) is 0 Å². The van der Waals surface area contributed by atoms with E-state index >= 15 is 0 Å². The van der Waals surface area contributed by atoms with Gasteiger partial charge in [-0.15, -0.1) is 11.6 Å². The molecule has 1 aliphatic carbocycles. The van der Waals surface area contributed by atoms with Crippen molar-refractivity contribution in [2.45, 2.75) is 31.7 Å². The highest BCUT2D eigenvalue weighted by Crippen LogP contribution is 2.46. The average molecular weight is 379 g/mol. The first kappa shape index (κ1) is 12.7. The predicted octanol–water partition coefficient (Wildman–Crippen LogP) is 4.66. The van der Waals surface area contributed by atoms with Crippen molar-refractivity contribution in [3.05, 3.63) is 27.3 Å². The van der Waals surface area contributed by atoms with Gasteiger partial charge in [0.15, 0.2) is 0 Å². The summed E-state index contributed by atoms with van der Waals surface area (Å²) in [6.45, 7) is 4.11. The van der Waals surface area contributed by atoms with Gasteiger partial charge in [-0.2, -0.15) is 0 Å². The van der Waals surface area contributed by atoms with Crippen molar-refractivity contribution in [2.24, 2.45) is 5.92 Å². The highest BCUT2D eigenvalue weighted by molar-refractivity contribution is 14.1. The molecule has 0 amide bonds. The van der Waals surface area contributed by atoms with Crippen LogP contribution in [0.25, 0.3) is 11.0 Å². The molecule has 1 saturated carbocycles. The van der Waals surface area contributed by atoms with Crippen LogP contribution in [0.3, 0.4) is 0 Å². The van der Waals surface area contributed by atoms with Gasteiger partial charge in [-0.1, -0.05) is 6.92 Å². The number of fused-ring (bicyclic) bond motifs is 1. The van der Waals surface area contributed by atoms with Gasteiger partial charge in [0.2, 0.25) is 0 Å². The summed E-state index contributed by atoms with van der Waals surface area (Å²) >= 11 is 8.19. The van der Waals surface area contributed by atoms with Crippen molar-refractivity contribution in [1.29, 1.82) is 0 Å². The Morgan fingerprint density at radius 2 is 2.22 bits per heavy atom. The Kier molecular flexibility index (Phi) is 3.05. The van der Waals surface area contributed by atoms with Crippen LogP contribution in [0.4, 0.5) is 4.39 Å². The van der Waals surface area contributed by atoms with Gasteiger partial charge in [-0.05, 0) is 47.9 Å². The summed E-state index contributed by atoms with van der Waals surface area (Å²) in [5.74, 6) is 1.28. The van der Waals surface area contributed by atoms with E-state index in [1.54, 1.807) is 12.1 Å². The Morgan fingerprint density at radius 1 is 1.56 bits per heavy atom. The maximum absolute atomic E-state index is 13.7. The van der Waals surface area contributed by atoms with Gasteiger partial charge < -0.3 is 4.57 Å². The Hall–Kier alpha value is -0.360. The lowest BCUT2D eigenvalue weighted by Gasteiger charge is -2.09. The van der Waals surface area contributed by atoms with Crippen LogP contribution < -0.4 is 0 Å². The minimum absolute atomic E-state index is 0.161. The molecule has 5 heteroatoms. The maximum Gasteiger partial charge on any atom is 0.138 e. The van der Waals surface area contributed by atoms with Gasteiger partial charge in [0, 0.05) is 12.1 Å². The molecule has 0 spiro atoms. The van der Waals surface area contributed by atoms with Crippen LogP contribution in [0.2, 0.25) is 0 Å². The molecule has 18 heavy (non-hydrogen) atoms. The average Bonchev–Trinajstić information content (AvgIpc) is 2.88. The molecule has 1 aromatic heterocycles. The smallest absolute Gasteiger partial charge is 0.138 e. The van der Waals surface area contributed by atoms with E-state index in [0.717, 1.165) is 23.3 Å². The summed E-state index contributed by atoms with van der Waals surface area (Å²) in [6.07, 6.45) is 1.12. The van der Waals surface area contributed by atoms with Gasteiger partial charge >= 0.3 is 0 Å². The Labute approximate surface area is 124 Å². The lowest BCUT2D eigenvalue weighted by Crippen LogP contribution is -2.03. The summed E-state index contributed by atoms with van der Waals surface area (Å²) in [6, 6.07) is 3.79. The zero-order valence-electron chi connectivity index (χ0n) is 10.1. The minimum Gasteiger partial charge on any atom is -0.323 e. The summed E-state index contributed by atoms with van der Waals surface area (Å²) in [5, 5.41) is -0.161. The molecule has 1 heterocycles. The fourth-order valence-corrected chi connectivity index (χ4v) is 3.01. The quantitative estimate of drug-likeness (QED) is 0.549. The predicted molar refractivity (Wildman–Crippen MR) is 79.5 cm³/mol. The number of halogens is 3. The second-order valence-corrected chi connectivity index (χ2v) is 6.81. The molecule has 1 aliphatic rings. The van der Waals surface area contributed by atoms with Gasteiger partial charge in [-0.25, -0.2) is 9.37 Å². The van der Waals surface area contributed by atoms with Gasteiger partial charge in [0.05, 0.1) is 20.0 Å². The molecule has 1 fully saturated rings. The largest absolute Gasteiger partial charge is 0.323 e. The number of hydrogen-bond acceptors (Lipinski definition) is 1. The highest BCUT2D eigenvalue weighted by atomic mass is 127. The second-order valence-electron chi connectivity index (χ2n) is 4.99. The number of benzene rings is 1. The molecule has 1 aromatic carbocycles. The van der Waals surface area contributed by atoms with E-state index in [2.05, 4.69) is 16.5 Å². The minimum atomic E-state index is -0.189. The lowest BCUT2D eigenvalue weighted by molar-refractivity contribution is 0.618. The first-order valence-electron chi connectivity index (χ1n) is 6.00. The third-order valence-corrected chi connectivity index (χ3v) is 4.54. The lowest BCUT2D eigenvalue weighted by atomic mass is 10.3. The Morgan fingerprint density at radius 3 is 2.78 bits per heavy atom. The fourth-order valence-electron chi connectivity index (χ4n) is 2.40. The highest BCUT2D eigenvalue weighted by Gasteiger charge is 2.37. The molecular formula is C13H13ClFIN2. The first-order valence-corrected chi connectivity index (χ1v) is 7.51. The van der Waals surface area contributed by atoms with Crippen molar-refractivity contribution in [2.75, 3.05) is 0 Å². The third-order valence-electron chi connectivity index (χ3n) is 3.51. The number of nitrogens with zero attached hydrogens (tertiary/aromatic N) is 2. The molecule has 3 rings (SSSR count). The SMILES string of the molecule is CC(Cl)c1nc2cc(I)c(F)cc2n1C1CC1C. The maximum atomic E-state index is 13.7. The molecule has 0 radical (unpaired) electrons. The van der Waals surface area contributed by atoms with Crippen molar-refractivity contribution in [3.8, 4) is 0 Å². The van der Waals surface area contributed by atoms with Crippen LogP contribution >= 0.6 is 34.2 Å². The summed E-state index contributed by atoms with van der Waals surface area (Å²) in [4.78, 5) is 4.57. The van der Waals surface area contributed by atoms with Crippen LogP contribution in [0.15, 0.2) is 12.1 Å². The summed E-state index contributed by atoms with van der Waals surface area (Å²) < 4.78 is 16.5. The van der Waals surface area contributed by atoms with Crippen LogP contribution in [0, 0.1) is 15.3 Å². The molecule has 96 valence electrons. The van der Waals surface area contributed by atoms with Crippen LogP contribution in [-0.2, 0) is 0 Å². The fraction of sp³-hybridized carbons (Fsp3) is 0.462. The van der Waals surface area contributed by atoms with Crippen molar-refractivity contribution < 1.29 is 4.39 Å².